The highest BCUT2D eigenvalue weighted by molar-refractivity contribution is 4.98. The molecule has 0 aliphatic heterocycles. The molecular formula is C12H21N5. The number of aromatic nitrogens is 4. The molecule has 0 spiro atoms. The van der Waals surface area contributed by atoms with Gasteiger partial charge in [0.2, 0.25) is 0 Å². The molecule has 0 amide bonds. The maximum atomic E-state index is 4.23. The minimum Gasteiger partial charge on any atom is -0.308 e. The van der Waals surface area contributed by atoms with Crippen LogP contribution < -0.4 is 5.32 Å². The first-order chi connectivity index (χ1) is 8.25. The summed E-state index contributed by atoms with van der Waals surface area (Å²) in [6, 6.07) is 1.05. The van der Waals surface area contributed by atoms with Gasteiger partial charge in [0.15, 0.2) is 5.82 Å². The maximum Gasteiger partial charge on any atom is 0.165 e. The number of hydrogen-bond donors (Lipinski definition) is 1. The van der Waals surface area contributed by atoms with Crippen molar-refractivity contribution in [2.75, 3.05) is 0 Å². The molecule has 5 nitrogen and oxygen atoms in total. The molecule has 3 rings (SSSR count). The highest BCUT2D eigenvalue weighted by atomic mass is 15.6. The quantitative estimate of drug-likeness (QED) is 0.812. The summed E-state index contributed by atoms with van der Waals surface area (Å²) >= 11 is 0. The third-order valence-electron chi connectivity index (χ3n) is 3.72. The van der Waals surface area contributed by atoms with E-state index < -0.39 is 0 Å². The van der Waals surface area contributed by atoms with E-state index in [0.717, 1.165) is 24.2 Å². The van der Waals surface area contributed by atoms with Crippen LogP contribution in [0.3, 0.4) is 0 Å². The van der Waals surface area contributed by atoms with Crippen LogP contribution in [0.15, 0.2) is 0 Å². The Hall–Kier alpha value is -0.970. The number of nitrogens with zero attached hydrogens (tertiary/aromatic N) is 4. The largest absolute Gasteiger partial charge is 0.308 e. The summed E-state index contributed by atoms with van der Waals surface area (Å²) in [4.78, 5) is 0. The van der Waals surface area contributed by atoms with Gasteiger partial charge in [-0.2, -0.15) is 0 Å². The van der Waals surface area contributed by atoms with Crippen LogP contribution in [0.25, 0.3) is 0 Å². The van der Waals surface area contributed by atoms with Crippen molar-refractivity contribution < 1.29 is 0 Å². The van der Waals surface area contributed by atoms with Gasteiger partial charge in [-0.1, -0.05) is 13.8 Å². The zero-order chi connectivity index (χ0) is 11.8. The number of hydrogen-bond acceptors (Lipinski definition) is 4. The summed E-state index contributed by atoms with van der Waals surface area (Å²) in [7, 11) is 0. The van der Waals surface area contributed by atoms with Crippen LogP contribution in [-0.4, -0.2) is 26.2 Å². The van der Waals surface area contributed by atoms with Crippen molar-refractivity contribution in [2.45, 2.75) is 58.2 Å². The summed E-state index contributed by atoms with van der Waals surface area (Å²) in [6.07, 6.45) is 5.44. The Morgan fingerprint density at radius 3 is 2.41 bits per heavy atom. The third-order valence-corrected chi connectivity index (χ3v) is 3.72. The maximum absolute atomic E-state index is 4.23. The van der Waals surface area contributed by atoms with E-state index in [9.17, 15) is 0 Å². The molecule has 0 radical (unpaired) electrons. The van der Waals surface area contributed by atoms with E-state index in [-0.39, 0.29) is 0 Å². The molecule has 17 heavy (non-hydrogen) atoms. The van der Waals surface area contributed by atoms with Crippen molar-refractivity contribution in [1.29, 1.82) is 0 Å². The van der Waals surface area contributed by atoms with E-state index in [1.807, 2.05) is 0 Å². The Morgan fingerprint density at radius 2 is 1.88 bits per heavy atom. The first-order valence-electron chi connectivity index (χ1n) is 6.76. The fraction of sp³-hybridized carbons (Fsp3) is 0.917. The topological polar surface area (TPSA) is 55.6 Å². The van der Waals surface area contributed by atoms with E-state index in [1.54, 1.807) is 0 Å². The number of nitrogens with one attached hydrogen (secondary N) is 1. The first kappa shape index (κ1) is 11.1. The van der Waals surface area contributed by atoms with Gasteiger partial charge >= 0.3 is 0 Å². The predicted molar refractivity (Wildman–Crippen MR) is 64.3 cm³/mol. The van der Waals surface area contributed by atoms with Crippen molar-refractivity contribution in [1.82, 2.24) is 25.5 Å². The summed E-state index contributed by atoms with van der Waals surface area (Å²) in [6.45, 7) is 5.07. The van der Waals surface area contributed by atoms with E-state index in [1.165, 1.54) is 25.7 Å². The molecule has 1 N–H and O–H groups in total. The second-order valence-electron chi connectivity index (χ2n) is 5.74. The second-order valence-corrected chi connectivity index (χ2v) is 5.74. The molecule has 0 bridgehead atoms. The standard InChI is InChI=1S/C12H21N5/c1-8(2)13-7-11-14-15-16-17(11)12(9-3-4-9)10-5-6-10/h8-10,12-13H,3-7H2,1-2H3. The van der Waals surface area contributed by atoms with Crippen molar-refractivity contribution in [3.63, 3.8) is 0 Å². The van der Waals surface area contributed by atoms with Crippen LogP contribution in [0, 0.1) is 11.8 Å². The molecule has 0 aromatic carbocycles. The van der Waals surface area contributed by atoms with Gasteiger partial charge in [0.1, 0.15) is 0 Å². The molecule has 2 aliphatic rings. The Bertz CT molecular complexity index is 366. The lowest BCUT2D eigenvalue weighted by Crippen LogP contribution is -2.26. The minimum absolute atomic E-state index is 0.473. The van der Waals surface area contributed by atoms with Gasteiger partial charge in [0.25, 0.3) is 0 Å². The van der Waals surface area contributed by atoms with Crippen LogP contribution in [0.2, 0.25) is 0 Å². The molecule has 2 saturated carbocycles. The summed E-state index contributed by atoms with van der Waals surface area (Å²) in [5.41, 5.74) is 0. The average Bonchev–Trinajstić information content (AvgIpc) is 3.17. The molecule has 94 valence electrons. The normalized spacial score (nSPS) is 20.5. The molecule has 2 fully saturated rings. The SMILES string of the molecule is CC(C)NCc1nnnn1C(C1CC1)C1CC1. The van der Waals surface area contributed by atoms with Gasteiger partial charge in [0, 0.05) is 6.04 Å². The highest BCUT2D eigenvalue weighted by Crippen LogP contribution is 2.51. The van der Waals surface area contributed by atoms with Crippen molar-refractivity contribution in [2.24, 2.45) is 11.8 Å². The third kappa shape index (κ3) is 2.49. The summed E-state index contributed by atoms with van der Waals surface area (Å²) in [5, 5.41) is 15.7. The van der Waals surface area contributed by atoms with E-state index in [0.29, 0.717) is 12.1 Å². The predicted octanol–water partition coefficient (Wildman–Crippen LogP) is 1.53. The fourth-order valence-electron chi connectivity index (χ4n) is 2.52. The minimum atomic E-state index is 0.473. The van der Waals surface area contributed by atoms with E-state index in [2.05, 4.69) is 39.4 Å². The van der Waals surface area contributed by atoms with Crippen LogP contribution in [-0.2, 0) is 6.54 Å². The Kier molecular flexibility index (Phi) is 2.86. The zero-order valence-corrected chi connectivity index (χ0v) is 10.6. The summed E-state index contributed by atoms with van der Waals surface area (Å²) < 4.78 is 2.10. The molecule has 1 aromatic heterocycles. The van der Waals surface area contributed by atoms with Crippen LogP contribution in [0.1, 0.15) is 51.4 Å². The van der Waals surface area contributed by atoms with Crippen molar-refractivity contribution in [3.8, 4) is 0 Å². The molecule has 1 heterocycles. The Labute approximate surface area is 102 Å². The Balaban J connectivity index is 1.74. The monoisotopic (exact) mass is 235 g/mol. The van der Waals surface area contributed by atoms with Gasteiger partial charge in [-0.05, 0) is 47.9 Å². The average molecular weight is 235 g/mol. The van der Waals surface area contributed by atoms with E-state index in [4.69, 9.17) is 0 Å². The lowest BCUT2D eigenvalue weighted by atomic mass is 10.1. The van der Waals surface area contributed by atoms with Gasteiger partial charge < -0.3 is 5.32 Å². The number of rotatable bonds is 6. The molecule has 0 atom stereocenters. The Morgan fingerprint density at radius 1 is 1.24 bits per heavy atom. The van der Waals surface area contributed by atoms with Gasteiger partial charge in [-0.3, -0.25) is 0 Å². The second kappa shape index (κ2) is 4.37. The summed E-state index contributed by atoms with van der Waals surface area (Å²) in [5.74, 6) is 2.68. The fourth-order valence-corrected chi connectivity index (χ4v) is 2.52. The molecule has 0 saturated heterocycles. The molecule has 0 unspecified atom stereocenters. The van der Waals surface area contributed by atoms with Crippen molar-refractivity contribution in [3.05, 3.63) is 5.82 Å². The molecule has 2 aliphatic carbocycles. The smallest absolute Gasteiger partial charge is 0.165 e. The van der Waals surface area contributed by atoms with Crippen LogP contribution in [0.4, 0.5) is 0 Å². The zero-order valence-electron chi connectivity index (χ0n) is 10.6. The lowest BCUT2D eigenvalue weighted by Gasteiger charge is -2.17. The molecule has 1 aromatic rings. The van der Waals surface area contributed by atoms with Gasteiger partial charge in [0.05, 0.1) is 12.6 Å². The van der Waals surface area contributed by atoms with Crippen LogP contribution in [0.5, 0.6) is 0 Å². The highest BCUT2D eigenvalue weighted by Gasteiger charge is 2.44. The lowest BCUT2D eigenvalue weighted by molar-refractivity contribution is 0.338. The number of tetrazole rings is 1. The molecular weight excluding hydrogens is 214 g/mol. The van der Waals surface area contributed by atoms with Gasteiger partial charge in [-0.15, -0.1) is 5.10 Å². The van der Waals surface area contributed by atoms with Crippen molar-refractivity contribution >= 4 is 0 Å². The van der Waals surface area contributed by atoms with Gasteiger partial charge in [-0.25, -0.2) is 4.68 Å². The first-order valence-corrected chi connectivity index (χ1v) is 6.76. The van der Waals surface area contributed by atoms with Crippen LogP contribution >= 0.6 is 0 Å². The molecule has 5 heteroatoms. The van der Waals surface area contributed by atoms with E-state index >= 15 is 0 Å².